The van der Waals surface area contributed by atoms with Gasteiger partial charge in [0.25, 0.3) is 0 Å². The summed E-state index contributed by atoms with van der Waals surface area (Å²) in [6, 6.07) is 0. The quantitative estimate of drug-likeness (QED) is 0.655. The molecular formula is C10H22OS. The number of thiol groups is 1. The van der Waals surface area contributed by atoms with Gasteiger partial charge in [-0.3, -0.25) is 0 Å². The zero-order chi connectivity index (χ0) is 9.78. The minimum Gasteiger partial charge on any atom is -0.379 e. The molecule has 2 heteroatoms. The lowest BCUT2D eigenvalue weighted by Gasteiger charge is -2.25. The van der Waals surface area contributed by atoms with Gasteiger partial charge in [0.2, 0.25) is 0 Å². The molecule has 0 aliphatic carbocycles. The van der Waals surface area contributed by atoms with Gasteiger partial charge in [-0.1, -0.05) is 13.8 Å². The van der Waals surface area contributed by atoms with Crippen molar-refractivity contribution >= 4 is 12.6 Å². The molecule has 0 aliphatic heterocycles. The van der Waals surface area contributed by atoms with Crippen molar-refractivity contribution in [3.63, 3.8) is 0 Å². The maximum absolute atomic E-state index is 5.33. The molecule has 74 valence electrons. The molecule has 0 aromatic carbocycles. The average Bonchev–Trinajstić information content (AvgIpc) is 2.00. The molecule has 0 bridgehead atoms. The molecule has 12 heavy (non-hydrogen) atoms. The Morgan fingerprint density at radius 3 is 2.17 bits per heavy atom. The summed E-state index contributed by atoms with van der Waals surface area (Å²) in [6.45, 7) is 8.65. The van der Waals surface area contributed by atoms with Crippen LogP contribution >= 0.6 is 12.6 Å². The zero-order valence-electron chi connectivity index (χ0n) is 8.92. The number of hydrogen-bond acceptors (Lipinski definition) is 2. The number of methoxy groups -OCH3 is 1. The van der Waals surface area contributed by atoms with E-state index in [4.69, 9.17) is 4.74 Å². The van der Waals surface area contributed by atoms with Crippen LogP contribution in [0.25, 0.3) is 0 Å². The monoisotopic (exact) mass is 190 g/mol. The van der Waals surface area contributed by atoms with Gasteiger partial charge >= 0.3 is 0 Å². The molecule has 0 spiro atoms. The fourth-order valence-corrected chi connectivity index (χ4v) is 1.06. The summed E-state index contributed by atoms with van der Waals surface area (Å²) in [4.78, 5) is 0. The second-order valence-corrected chi connectivity index (χ2v) is 4.98. The third kappa shape index (κ3) is 5.04. The van der Waals surface area contributed by atoms with Gasteiger partial charge in [0, 0.05) is 12.4 Å². The molecule has 0 radical (unpaired) electrons. The maximum Gasteiger partial charge on any atom is 0.0623 e. The first-order chi connectivity index (χ1) is 5.39. The molecule has 0 fully saturated rings. The smallest absolute Gasteiger partial charge is 0.0623 e. The van der Waals surface area contributed by atoms with Gasteiger partial charge in [0.05, 0.1) is 5.60 Å². The minimum absolute atomic E-state index is 0.00979. The van der Waals surface area contributed by atoms with Crippen molar-refractivity contribution in [3.05, 3.63) is 0 Å². The molecule has 0 aromatic heterocycles. The molecule has 0 saturated carbocycles. The van der Waals surface area contributed by atoms with Crippen LogP contribution in [-0.4, -0.2) is 18.0 Å². The van der Waals surface area contributed by atoms with Crippen LogP contribution in [0.15, 0.2) is 0 Å². The minimum atomic E-state index is 0.00979. The molecule has 0 heterocycles. The molecule has 0 N–H and O–H groups in total. The fourth-order valence-electron chi connectivity index (χ4n) is 0.931. The molecule has 0 amide bonds. The van der Waals surface area contributed by atoms with E-state index in [1.807, 2.05) is 0 Å². The van der Waals surface area contributed by atoms with Crippen LogP contribution in [0.4, 0.5) is 0 Å². The van der Waals surface area contributed by atoms with Gasteiger partial charge in [-0.25, -0.2) is 0 Å². The van der Waals surface area contributed by atoms with E-state index in [0.29, 0.717) is 11.2 Å². The first-order valence-corrected chi connectivity index (χ1v) is 5.14. The van der Waals surface area contributed by atoms with Crippen molar-refractivity contribution in [1.29, 1.82) is 0 Å². The fraction of sp³-hybridized carbons (Fsp3) is 1.00. The first-order valence-electron chi connectivity index (χ1n) is 4.62. The highest BCUT2D eigenvalue weighted by Crippen LogP contribution is 2.22. The summed E-state index contributed by atoms with van der Waals surface area (Å²) in [5.74, 6) is 0.654. The van der Waals surface area contributed by atoms with Gasteiger partial charge in [0.15, 0.2) is 0 Å². The Kier molecular flexibility index (Phi) is 5.26. The van der Waals surface area contributed by atoms with Crippen molar-refractivity contribution < 1.29 is 4.74 Å². The molecule has 0 aliphatic rings. The predicted molar refractivity (Wildman–Crippen MR) is 57.9 cm³/mol. The van der Waals surface area contributed by atoms with E-state index in [0.717, 1.165) is 12.8 Å². The summed E-state index contributed by atoms with van der Waals surface area (Å²) in [5.41, 5.74) is 0.00979. The Hall–Kier alpha value is 0.310. The second-order valence-electron chi connectivity index (χ2n) is 4.31. The number of hydrogen-bond donors (Lipinski definition) is 1. The normalized spacial score (nSPS) is 15.2. The van der Waals surface area contributed by atoms with Crippen LogP contribution in [0.1, 0.15) is 40.5 Å². The molecule has 0 rings (SSSR count). The van der Waals surface area contributed by atoms with Gasteiger partial charge in [-0.2, -0.15) is 12.6 Å². The van der Waals surface area contributed by atoms with Crippen LogP contribution < -0.4 is 0 Å². The molecule has 0 aromatic rings. The van der Waals surface area contributed by atoms with Crippen LogP contribution in [0.2, 0.25) is 0 Å². The van der Waals surface area contributed by atoms with Crippen molar-refractivity contribution in [3.8, 4) is 0 Å². The molecule has 1 atom stereocenters. The van der Waals surface area contributed by atoms with Crippen molar-refractivity contribution in [2.75, 3.05) is 7.11 Å². The lowest BCUT2D eigenvalue weighted by atomic mass is 9.97. The van der Waals surface area contributed by atoms with E-state index >= 15 is 0 Å². The topological polar surface area (TPSA) is 9.23 Å². The van der Waals surface area contributed by atoms with Gasteiger partial charge < -0.3 is 4.74 Å². The first kappa shape index (κ1) is 12.3. The Balaban J connectivity index is 3.67. The van der Waals surface area contributed by atoms with Crippen LogP contribution in [-0.2, 0) is 4.74 Å². The lowest BCUT2D eigenvalue weighted by molar-refractivity contribution is 0.0133. The Morgan fingerprint density at radius 1 is 1.33 bits per heavy atom. The predicted octanol–water partition coefficient (Wildman–Crippen LogP) is 3.15. The molecular weight excluding hydrogens is 168 g/mol. The largest absolute Gasteiger partial charge is 0.379 e. The van der Waals surface area contributed by atoms with E-state index in [1.165, 1.54) is 0 Å². The second kappa shape index (κ2) is 5.13. The Bertz CT molecular complexity index is 121. The van der Waals surface area contributed by atoms with Crippen molar-refractivity contribution in [2.45, 2.75) is 51.4 Å². The molecule has 0 saturated heterocycles. The van der Waals surface area contributed by atoms with E-state index < -0.39 is 0 Å². The highest BCUT2D eigenvalue weighted by molar-refractivity contribution is 7.81. The number of ether oxygens (including phenoxy) is 1. The summed E-state index contributed by atoms with van der Waals surface area (Å²) in [5, 5.41) is 0.499. The summed E-state index contributed by atoms with van der Waals surface area (Å²) in [7, 11) is 1.77. The van der Waals surface area contributed by atoms with E-state index in [-0.39, 0.29) is 5.60 Å². The zero-order valence-corrected chi connectivity index (χ0v) is 9.82. The van der Waals surface area contributed by atoms with Crippen molar-refractivity contribution in [2.24, 2.45) is 5.92 Å². The summed E-state index contributed by atoms with van der Waals surface area (Å²) >= 11 is 4.52. The maximum atomic E-state index is 5.33. The highest BCUT2D eigenvalue weighted by atomic mass is 32.1. The van der Waals surface area contributed by atoms with Crippen LogP contribution in [0.5, 0.6) is 0 Å². The Morgan fingerprint density at radius 2 is 1.83 bits per heavy atom. The SMILES string of the molecule is COC(C)(C)CCC(S)C(C)C. The highest BCUT2D eigenvalue weighted by Gasteiger charge is 2.18. The number of rotatable bonds is 5. The van der Waals surface area contributed by atoms with Crippen molar-refractivity contribution in [1.82, 2.24) is 0 Å². The third-order valence-electron chi connectivity index (χ3n) is 2.36. The van der Waals surface area contributed by atoms with E-state index in [9.17, 15) is 0 Å². The van der Waals surface area contributed by atoms with Crippen LogP contribution in [0.3, 0.4) is 0 Å². The van der Waals surface area contributed by atoms with Gasteiger partial charge in [-0.05, 0) is 32.6 Å². The standard InChI is InChI=1S/C10H22OS/c1-8(2)9(12)6-7-10(3,4)11-5/h8-9,12H,6-7H2,1-5H3. The average molecular weight is 190 g/mol. The van der Waals surface area contributed by atoms with Gasteiger partial charge in [-0.15, -0.1) is 0 Å². The molecule has 1 nitrogen and oxygen atoms in total. The van der Waals surface area contributed by atoms with E-state index in [2.05, 4.69) is 40.3 Å². The molecule has 1 unspecified atom stereocenters. The third-order valence-corrected chi connectivity index (χ3v) is 3.22. The Labute approximate surface area is 82.3 Å². The summed E-state index contributed by atoms with van der Waals surface area (Å²) in [6.07, 6.45) is 2.21. The van der Waals surface area contributed by atoms with E-state index in [1.54, 1.807) is 7.11 Å². The lowest BCUT2D eigenvalue weighted by Crippen LogP contribution is -2.24. The van der Waals surface area contributed by atoms with Gasteiger partial charge in [0.1, 0.15) is 0 Å². The summed E-state index contributed by atoms with van der Waals surface area (Å²) < 4.78 is 5.33. The van der Waals surface area contributed by atoms with Crippen LogP contribution in [0, 0.1) is 5.92 Å².